The molecule has 1 aliphatic carbocycles. The summed E-state index contributed by atoms with van der Waals surface area (Å²) in [6, 6.07) is 5.67. The van der Waals surface area contributed by atoms with E-state index in [9.17, 15) is 9.59 Å². The van der Waals surface area contributed by atoms with E-state index in [1.54, 1.807) is 14.2 Å². The molecule has 0 saturated carbocycles. The van der Waals surface area contributed by atoms with Crippen LogP contribution >= 0.6 is 0 Å². The minimum atomic E-state index is -0.427. The summed E-state index contributed by atoms with van der Waals surface area (Å²) in [7, 11) is 3.24. The fraction of sp³-hybridized carbons (Fsp3) is 0.500. The van der Waals surface area contributed by atoms with E-state index in [-0.39, 0.29) is 5.91 Å². The highest BCUT2D eigenvalue weighted by Crippen LogP contribution is 2.43. The lowest BCUT2D eigenvalue weighted by Gasteiger charge is -2.30. The maximum atomic E-state index is 13.1. The molecule has 0 aromatic heterocycles. The number of carbonyl (C=O) groups is 2. The Morgan fingerprint density at radius 3 is 2.85 bits per heavy atom. The van der Waals surface area contributed by atoms with Crippen molar-refractivity contribution in [1.29, 1.82) is 0 Å². The Bertz CT molecular complexity index is 716. The first-order valence-electron chi connectivity index (χ1n) is 9.01. The zero-order valence-corrected chi connectivity index (χ0v) is 15.4. The Morgan fingerprint density at radius 1 is 1.27 bits per heavy atom. The number of nitrogens with one attached hydrogen (secondary N) is 1. The minimum absolute atomic E-state index is 0.167. The number of rotatable bonds is 7. The molecule has 6 heteroatoms. The van der Waals surface area contributed by atoms with Gasteiger partial charge in [-0.1, -0.05) is 0 Å². The molecule has 0 bridgehead atoms. The summed E-state index contributed by atoms with van der Waals surface area (Å²) in [5, 5.41) is 3.13. The third-order valence-electron chi connectivity index (χ3n) is 5.33. The third-order valence-corrected chi connectivity index (χ3v) is 5.33. The standard InChI is InChI=1S/C20H26N2O4/c1-25-17-6-5-15(18(12-17)26-2)14-22-10-8-20(19(22)24)7-3-4-16(13-20)21-9-11-23/h5-6,11-13,21H,3-4,7-10,14H2,1-2H3/t20-/m0/s1. The van der Waals surface area contributed by atoms with Crippen molar-refractivity contribution in [3.63, 3.8) is 0 Å². The molecular weight excluding hydrogens is 332 g/mol. The topological polar surface area (TPSA) is 67.9 Å². The molecule has 26 heavy (non-hydrogen) atoms. The van der Waals surface area contributed by atoms with Gasteiger partial charge in [-0.3, -0.25) is 4.79 Å². The van der Waals surface area contributed by atoms with Crippen LogP contribution in [0.25, 0.3) is 0 Å². The molecular formula is C20H26N2O4. The van der Waals surface area contributed by atoms with Crippen LogP contribution in [0.1, 0.15) is 31.2 Å². The van der Waals surface area contributed by atoms with Gasteiger partial charge in [0.25, 0.3) is 0 Å². The highest BCUT2D eigenvalue weighted by Gasteiger charge is 2.46. The van der Waals surface area contributed by atoms with Gasteiger partial charge >= 0.3 is 0 Å². The van der Waals surface area contributed by atoms with Crippen LogP contribution in [0.2, 0.25) is 0 Å². The predicted octanol–water partition coefficient (Wildman–Crippen LogP) is 2.28. The van der Waals surface area contributed by atoms with Crippen LogP contribution in [0.3, 0.4) is 0 Å². The molecule has 1 aliphatic heterocycles. The van der Waals surface area contributed by atoms with Gasteiger partial charge in [-0.05, 0) is 43.9 Å². The number of methoxy groups -OCH3 is 2. The summed E-state index contributed by atoms with van der Waals surface area (Å²) in [5.74, 6) is 1.63. The van der Waals surface area contributed by atoms with Crippen molar-refractivity contribution in [3.8, 4) is 11.5 Å². The van der Waals surface area contributed by atoms with Crippen LogP contribution in [0.4, 0.5) is 0 Å². The van der Waals surface area contributed by atoms with Crippen LogP contribution in [0, 0.1) is 5.41 Å². The van der Waals surface area contributed by atoms with Crippen LogP contribution in [-0.4, -0.2) is 44.4 Å². The highest BCUT2D eigenvalue weighted by atomic mass is 16.5. The first-order valence-corrected chi connectivity index (χ1v) is 9.01. The Labute approximate surface area is 154 Å². The van der Waals surface area contributed by atoms with Crippen molar-refractivity contribution >= 4 is 12.2 Å². The summed E-state index contributed by atoms with van der Waals surface area (Å²) < 4.78 is 10.7. The van der Waals surface area contributed by atoms with Crippen LogP contribution in [0.5, 0.6) is 11.5 Å². The predicted molar refractivity (Wildman–Crippen MR) is 98.0 cm³/mol. The maximum absolute atomic E-state index is 13.1. The quantitative estimate of drug-likeness (QED) is 0.758. The first kappa shape index (κ1) is 18.3. The number of likely N-dealkylation sites (tertiary alicyclic amines) is 1. The van der Waals surface area contributed by atoms with Crippen molar-refractivity contribution in [2.75, 3.05) is 27.3 Å². The van der Waals surface area contributed by atoms with E-state index in [1.807, 2.05) is 23.1 Å². The molecule has 1 spiro atoms. The van der Waals surface area contributed by atoms with Gasteiger partial charge < -0.3 is 24.5 Å². The van der Waals surface area contributed by atoms with Gasteiger partial charge in [0.2, 0.25) is 5.91 Å². The first-order chi connectivity index (χ1) is 12.6. The number of allylic oxidation sites excluding steroid dienone is 1. The number of ether oxygens (including phenoxy) is 2. The smallest absolute Gasteiger partial charge is 0.233 e. The number of carbonyl (C=O) groups excluding carboxylic acids is 2. The van der Waals surface area contributed by atoms with E-state index in [2.05, 4.69) is 11.4 Å². The molecule has 0 unspecified atom stereocenters. The van der Waals surface area contributed by atoms with E-state index < -0.39 is 5.41 Å². The highest BCUT2D eigenvalue weighted by molar-refractivity contribution is 5.87. The zero-order valence-electron chi connectivity index (χ0n) is 15.4. The second kappa shape index (κ2) is 7.81. The molecule has 1 atom stereocenters. The molecule has 1 fully saturated rings. The second-order valence-electron chi connectivity index (χ2n) is 6.88. The molecule has 6 nitrogen and oxygen atoms in total. The van der Waals surface area contributed by atoms with E-state index in [4.69, 9.17) is 9.47 Å². The Kier molecular flexibility index (Phi) is 5.49. The Hall–Kier alpha value is -2.50. The average molecular weight is 358 g/mol. The van der Waals surface area contributed by atoms with Gasteiger partial charge in [-0.2, -0.15) is 0 Å². The van der Waals surface area contributed by atoms with Gasteiger partial charge in [0.05, 0.1) is 26.2 Å². The summed E-state index contributed by atoms with van der Waals surface area (Å²) in [5.41, 5.74) is 1.56. The maximum Gasteiger partial charge on any atom is 0.233 e. The Balaban J connectivity index is 1.76. The molecule has 0 radical (unpaired) electrons. The van der Waals surface area contributed by atoms with Gasteiger partial charge in [0.15, 0.2) is 0 Å². The van der Waals surface area contributed by atoms with Crippen molar-refractivity contribution in [3.05, 3.63) is 35.5 Å². The summed E-state index contributed by atoms with van der Waals surface area (Å²) in [6.07, 6.45) is 6.46. The normalized spacial score (nSPS) is 22.3. The zero-order chi connectivity index (χ0) is 18.6. The van der Waals surface area contributed by atoms with E-state index in [1.165, 1.54) is 0 Å². The lowest BCUT2D eigenvalue weighted by molar-refractivity contribution is -0.135. The molecule has 3 rings (SSSR count). The van der Waals surface area contributed by atoms with E-state index in [0.29, 0.717) is 13.1 Å². The molecule has 1 saturated heterocycles. The fourth-order valence-electron chi connectivity index (χ4n) is 3.95. The van der Waals surface area contributed by atoms with E-state index in [0.717, 1.165) is 61.3 Å². The average Bonchev–Trinajstić information content (AvgIpc) is 2.96. The molecule has 1 N–H and O–H groups in total. The number of amides is 1. The van der Waals surface area contributed by atoms with Crippen molar-refractivity contribution < 1.29 is 19.1 Å². The summed E-state index contributed by atoms with van der Waals surface area (Å²) in [6.45, 7) is 1.55. The number of aldehydes is 1. The molecule has 1 heterocycles. The monoisotopic (exact) mass is 358 g/mol. The van der Waals surface area contributed by atoms with Gasteiger partial charge in [0, 0.05) is 30.4 Å². The van der Waals surface area contributed by atoms with E-state index >= 15 is 0 Å². The lowest BCUT2D eigenvalue weighted by atomic mass is 9.76. The van der Waals surface area contributed by atoms with Crippen LogP contribution < -0.4 is 14.8 Å². The molecule has 2 aliphatic rings. The second-order valence-corrected chi connectivity index (χ2v) is 6.88. The van der Waals surface area contributed by atoms with Crippen LogP contribution in [0.15, 0.2) is 30.0 Å². The molecule has 1 aromatic rings. The van der Waals surface area contributed by atoms with Crippen molar-refractivity contribution in [2.24, 2.45) is 5.41 Å². The SMILES string of the molecule is COc1ccc(CN2CC[C@@]3(C=C(NCC=O)CCC3)C2=O)c(OC)c1. The number of benzene rings is 1. The van der Waals surface area contributed by atoms with Gasteiger partial charge in [-0.15, -0.1) is 0 Å². The van der Waals surface area contributed by atoms with Crippen molar-refractivity contribution in [2.45, 2.75) is 32.2 Å². The fourth-order valence-corrected chi connectivity index (χ4v) is 3.95. The summed E-state index contributed by atoms with van der Waals surface area (Å²) >= 11 is 0. The molecule has 1 amide bonds. The van der Waals surface area contributed by atoms with Gasteiger partial charge in [-0.25, -0.2) is 0 Å². The van der Waals surface area contributed by atoms with Crippen molar-refractivity contribution in [1.82, 2.24) is 10.2 Å². The number of nitrogens with zero attached hydrogens (tertiary/aromatic N) is 1. The molecule has 140 valence electrons. The number of hydrogen-bond acceptors (Lipinski definition) is 5. The molecule has 1 aromatic carbocycles. The minimum Gasteiger partial charge on any atom is -0.497 e. The van der Waals surface area contributed by atoms with Gasteiger partial charge in [0.1, 0.15) is 17.8 Å². The Morgan fingerprint density at radius 2 is 2.12 bits per heavy atom. The number of hydrogen-bond donors (Lipinski definition) is 1. The summed E-state index contributed by atoms with van der Waals surface area (Å²) in [4.78, 5) is 25.7. The lowest BCUT2D eigenvalue weighted by Crippen LogP contribution is -2.36. The largest absolute Gasteiger partial charge is 0.497 e. The third kappa shape index (κ3) is 3.54. The van der Waals surface area contributed by atoms with Crippen LogP contribution in [-0.2, 0) is 16.1 Å².